The largest absolute Gasteiger partial charge is 0.496 e. The van der Waals surface area contributed by atoms with Crippen molar-refractivity contribution < 1.29 is 19.2 Å². The van der Waals surface area contributed by atoms with Crippen LogP contribution in [0.2, 0.25) is 0 Å². The number of nitro groups is 1. The first-order chi connectivity index (χ1) is 13.0. The van der Waals surface area contributed by atoms with Crippen LogP contribution in [-0.4, -0.2) is 24.5 Å². The van der Waals surface area contributed by atoms with E-state index in [1.54, 1.807) is 12.1 Å². The first kappa shape index (κ1) is 20.0. The Morgan fingerprint density at radius 3 is 2.52 bits per heavy atom. The fourth-order valence-corrected chi connectivity index (χ4v) is 2.25. The number of unbranched alkanes of at least 4 members (excludes halogenated alkanes) is 1. The first-order valence-corrected chi connectivity index (χ1v) is 8.58. The Bertz CT molecular complexity index is 816. The summed E-state index contributed by atoms with van der Waals surface area (Å²) in [5.41, 5.74) is 0.692. The van der Waals surface area contributed by atoms with Crippen LogP contribution in [0.25, 0.3) is 6.08 Å². The standard InChI is InChI=1S/C20H22N2O5/c1-3-4-13-27-16-8-5-15(6-9-16)7-12-20(23)21-18-11-10-17(26-2)14-19(18)22(24)25/h5-12,14H,3-4,13H2,1-2H3,(H,21,23). The number of nitro benzene ring substituents is 1. The molecule has 27 heavy (non-hydrogen) atoms. The molecule has 0 saturated carbocycles. The van der Waals surface area contributed by atoms with E-state index in [-0.39, 0.29) is 11.4 Å². The van der Waals surface area contributed by atoms with Gasteiger partial charge in [-0.05, 0) is 42.3 Å². The lowest BCUT2D eigenvalue weighted by Gasteiger charge is -2.06. The van der Waals surface area contributed by atoms with E-state index >= 15 is 0 Å². The maximum absolute atomic E-state index is 12.1. The van der Waals surface area contributed by atoms with Crippen molar-refractivity contribution in [3.05, 3.63) is 64.2 Å². The third-order valence-corrected chi connectivity index (χ3v) is 3.73. The predicted molar refractivity (Wildman–Crippen MR) is 104 cm³/mol. The van der Waals surface area contributed by atoms with E-state index in [1.165, 1.54) is 25.3 Å². The van der Waals surface area contributed by atoms with Crippen molar-refractivity contribution in [1.29, 1.82) is 0 Å². The molecule has 0 aliphatic rings. The molecule has 0 unspecified atom stereocenters. The summed E-state index contributed by atoms with van der Waals surface area (Å²) in [5, 5.41) is 13.7. The Labute approximate surface area is 157 Å². The lowest BCUT2D eigenvalue weighted by molar-refractivity contribution is -0.384. The van der Waals surface area contributed by atoms with Gasteiger partial charge in [-0.1, -0.05) is 25.5 Å². The number of hydrogen-bond acceptors (Lipinski definition) is 5. The number of rotatable bonds is 9. The summed E-state index contributed by atoms with van der Waals surface area (Å²) in [6, 6.07) is 11.6. The van der Waals surface area contributed by atoms with E-state index in [1.807, 2.05) is 24.3 Å². The topological polar surface area (TPSA) is 90.7 Å². The van der Waals surface area contributed by atoms with E-state index in [4.69, 9.17) is 9.47 Å². The summed E-state index contributed by atoms with van der Waals surface area (Å²) in [6.07, 6.45) is 5.02. The Balaban J connectivity index is 2.00. The van der Waals surface area contributed by atoms with Crippen LogP contribution < -0.4 is 14.8 Å². The number of amides is 1. The highest BCUT2D eigenvalue weighted by atomic mass is 16.6. The SMILES string of the molecule is CCCCOc1ccc(C=CC(=O)Nc2ccc(OC)cc2[N+](=O)[O-])cc1. The molecule has 0 fully saturated rings. The molecule has 0 bridgehead atoms. The maximum atomic E-state index is 12.1. The minimum Gasteiger partial charge on any atom is -0.496 e. The van der Waals surface area contributed by atoms with Crippen LogP contribution in [0.3, 0.4) is 0 Å². The van der Waals surface area contributed by atoms with Gasteiger partial charge < -0.3 is 14.8 Å². The lowest BCUT2D eigenvalue weighted by atomic mass is 10.2. The molecule has 7 heteroatoms. The zero-order valence-electron chi connectivity index (χ0n) is 15.3. The molecule has 0 radical (unpaired) electrons. The van der Waals surface area contributed by atoms with Crippen molar-refractivity contribution in [1.82, 2.24) is 0 Å². The van der Waals surface area contributed by atoms with Crippen molar-refractivity contribution in [2.45, 2.75) is 19.8 Å². The van der Waals surface area contributed by atoms with Gasteiger partial charge in [0.05, 0.1) is 24.7 Å². The molecule has 7 nitrogen and oxygen atoms in total. The van der Waals surface area contributed by atoms with Crippen molar-refractivity contribution in [2.24, 2.45) is 0 Å². The number of carbonyl (C=O) groups excluding carboxylic acids is 1. The lowest BCUT2D eigenvalue weighted by Crippen LogP contribution is -2.09. The highest BCUT2D eigenvalue weighted by molar-refractivity contribution is 6.03. The molecule has 2 rings (SSSR count). The Morgan fingerprint density at radius 1 is 1.19 bits per heavy atom. The second-order valence-corrected chi connectivity index (χ2v) is 5.73. The third kappa shape index (κ3) is 6.14. The molecule has 1 N–H and O–H groups in total. The van der Waals surface area contributed by atoms with E-state index in [0.29, 0.717) is 12.4 Å². The average Bonchev–Trinajstić information content (AvgIpc) is 2.67. The molecule has 2 aromatic carbocycles. The molecular weight excluding hydrogens is 348 g/mol. The molecule has 0 atom stereocenters. The van der Waals surface area contributed by atoms with Gasteiger partial charge in [0.25, 0.3) is 5.69 Å². The van der Waals surface area contributed by atoms with Crippen molar-refractivity contribution >= 4 is 23.4 Å². The number of nitrogens with one attached hydrogen (secondary N) is 1. The minimum atomic E-state index is -0.570. The third-order valence-electron chi connectivity index (χ3n) is 3.73. The summed E-state index contributed by atoms with van der Waals surface area (Å²) in [7, 11) is 1.42. The number of hydrogen-bond donors (Lipinski definition) is 1. The number of carbonyl (C=O) groups is 1. The van der Waals surface area contributed by atoms with Gasteiger partial charge >= 0.3 is 0 Å². The van der Waals surface area contributed by atoms with Gasteiger partial charge in [0.2, 0.25) is 5.91 Å². The van der Waals surface area contributed by atoms with Gasteiger partial charge in [-0.2, -0.15) is 0 Å². The summed E-state index contributed by atoms with van der Waals surface area (Å²) < 4.78 is 10.6. The second-order valence-electron chi connectivity index (χ2n) is 5.73. The Hall–Kier alpha value is -3.35. The quantitative estimate of drug-likeness (QED) is 0.305. The molecule has 1 amide bonds. The molecule has 0 saturated heterocycles. The summed E-state index contributed by atoms with van der Waals surface area (Å²) >= 11 is 0. The number of ether oxygens (including phenoxy) is 2. The molecule has 0 heterocycles. The van der Waals surface area contributed by atoms with Gasteiger partial charge in [0.15, 0.2) is 0 Å². The zero-order chi connectivity index (χ0) is 19.6. The summed E-state index contributed by atoms with van der Waals surface area (Å²) in [4.78, 5) is 22.7. The monoisotopic (exact) mass is 370 g/mol. The van der Waals surface area contributed by atoms with Crippen molar-refractivity contribution in [3.8, 4) is 11.5 Å². The van der Waals surface area contributed by atoms with Gasteiger partial charge in [-0.3, -0.25) is 14.9 Å². The van der Waals surface area contributed by atoms with Crippen LogP contribution >= 0.6 is 0 Å². The molecule has 2 aromatic rings. The van der Waals surface area contributed by atoms with Crippen LogP contribution in [-0.2, 0) is 4.79 Å². The van der Waals surface area contributed by atoms with Crippen LogP contribution in [0.4, 0.5) is 11.4 Å². The van der Waals surface area contributed by atoms with Crippen LogP contribution in [0.1, 0.15) is 25.3 Å². The molecule has 0 aliphatic heterocycles. The van der Waals surface area contributed by atoms with Crippen LogP contribution in [0.5, 0.6) is 11.5 Å². The van der Waals surface area contributed by atoms with Gasteiger partial charge in [-0.15, -0.1) is 0 Å². The van der Waals surface area contributed by atoms with E-state index in [2.05, 4.69) is 12.2 Å². The van der Waals surface area contributed by atoms with Crippen LogP contribution in [0.15, 0.2) is 48.5 Å². The Morgan fingerprint density at radius 2 is 1.89 bits per heavy atom. The van der Waals surface area contributed by atoms with Gasteiger partial charge in [0, 0.05) is 6.08 Å². The summed E-state index contributed by atoms with van der Waals surface area (Å²) in [5.74, 6) is 0.655. The van der Waals surface area contributed by atoms with Gasteiger partial charge in [0.1, 0.15) is 17.2 Å². The molecule has 142 valence electrons. The second kappa shape index (κ2) is 9.96. The smallest absolute Gasteiger partial charge is 0.296 e. The van der Waals surface area contributed by atoms with Crippen molar-refractivity contribution in [3.63, 3.8) is 0 Å². The fourth-order valence-electron chi connectivity index (χ4n) is 2.25. The van der Waals surface area contributed by atoms with E-state index in [0.717, 1.165) is 24.2 Å². The molecular formula is C20H22N2O5. The normalized spacial score (nSPS) is 10.6. The van der Waals surface area contributed by atoms with Crippen LogP contribution in [0, 0.1) is 10.1 Å². The highest BCUT2D eigenvalue weighted by Crippen LogP contribution is 2.28. The maximum Gasteiger partial charge on any atom is 0.296 e. The average molecular weight is 370 g/mol. The first-order valence-electron chi connectivity index (χ1n) is 8.58. The number of nitrogens with zero attached hydrogens (tertiary/aromatic N) is 1. The highest BCUT2D eigenvalue weighted by Gasteiger charge is 2.16. The molecule has 0 aliphatic carbocycles. The van der Waals surface area contributed by atoms with E-state index < -0.39 is 10.8 Å². The summed E-state index contributed by atoms with van der Waals surface area (Å²) in [6.45, 7) is 2.78. The predicted octanol–water partition coefficient (Wildman–Crippen LogP) is 4.43. The van der Waals surface area contributed by atoms with E-state index in [9.17, 15) is 14.9 Å². The van der Waals surface area contributed by atoms with Gasteiger partial charge in [-0.25, -0.2) is 0 Å². The Kier molecular flexibility index (Phi) is 7.37. The van der Waals surface area contributed by atoms with Crippen molar-refractivity contribution in [2.75, 3.05) is 19.0 Å². The minimum absolute atomic E-state index is 0.107. The number of benzene rings is 2. The zero-order valence-corrected chi connectivity index (χ0v) is 15.3. The fraction of sp³-hybridized carbons (Fsp3) is 0.250. The number of anilines is 1. The molecule has 0 spiro atoms. The number of methoxy groups -OCH3 is 1. The molecule has 0 aromatic heterocycles.